The van der Waals surface area contributed by atoms with Crippen molar-refractivity contribution in [3.8, 4) is 17.2 Å². The number of nitrogens with one attached hydrogen (secondary N) is 1. The monoisotopic (exact) mass is 626 g/mol. The summed E-state index contributed by atoms with van der Waals surface area (Å²) < 4.78 is 8.03. The smallest absolute Gasteiger partial charge is 0.194 e. The van der Waals surface area contributed by atoms with Crippen LogP contribution in [0.25, 0.3) is 0 Å². The van der Waals surface area contributed by atoms with Crippen LogP contribution in [0.1, 0.15) is 57.6 Å². The minimum absolute atomic E-state index is 0.00302. The third-order valence-electron chi connectivity index (χ3n) is 7.03. The molecule has 1 aliphatic heterocycles. The molecular formula is C27H23BrN4O7S. The molecule has 0 bridgehead atoms. The van der Waals surface area contributed by atoms with E-state index in [2.05, 4.69) is 31.6 Å². The molecule has 0 fully saturated rings. The highest BCUT2D eigenvalue weighted by Crippen LogP contribution is 2.57. The van der Waals surface area contributed by atoms with E-state index in [0.717, 1.165) is 9.86 Å². The summed E-state index contributed by atoms with van der Waals surface area (Å²) in [6.07, 6.45) is 2.75. The van der Waals surface area contributed by atoms with Crippen LogP contribution >= 0.6 is 27.3 Å². The number of phenols is 2. The summed E-state index contributed by atoms with van der Waals surface area (Å²) in [4.78, 5) is 52.3. The molecular weight excluding hydrogens is 604 g/mol. The first-order valence-corrected chi connectivity index (χ1v) is 13.7. The van der Waals surface area contributed by atoms with Crippen molar-refractivity contribution >= 4 is 50.4 Å². The Kier molecular flexibility index (Phi) is 6.74. The van der Waals surface area contributed by atoms with Gasteiger partial charge < -0.3 is 20.3 Å². The fourth-order valence-corrected chi connectivity index (χ4v) is 6.18. The highest BCUT2D eigenvalue weighted by atomic mass is 79.9. The quantitative estimate of drug-likeness (QED) is 0.200. The van der Waals surface area contributed by atoms with Gasteiger partial charge in [0.05, 0.1) is 32.5 Å². The van der Waals surface area contributed by atoms with E-state index < -0.39 is 34.3 Å². The van der Waals surface area contributed by atoms with Crippen LogP contribution in [-0.2, 0) is 28.1 Å². The number of carbonyl (C=O) groups is 4. The van der Waals surface area contributed by atoms with E-state index in [1.807, 2.05) is 0 Å². The van der Waals surface area contributed by atoms with E-state index in [9.17, 15) is 29.4 Å². The number of benzene rings is 1. The summed E-state index contributed by atoms with van der Waals surface area (Å²) in [6.45, 7) is 5.83. The number of aromatic nitrogens is 3. The summed E-state index contributed by atoms with van der Waals surface area (Å²) in [7, 11) is 0. The number of halogens is 1. The Morgan fingerprint density at radius 3 is 2.58 bits per heavy atom. The zero-order valence-electron chi connectivity index (χ0n) is 21.8. The lowest BCUT2D eigenvalue weighted by molar-refractivity contribution is -0.123. The summed E-state index contributed by atoms with van der Waals surface area (Å²) in [5.74, 6) is -2.91. The van der Waals surface area contributed by atoms with Crippen LogP contribution in [0, 0.1) is 6.92 Å². The first-order valence-electron chi connectivity index (χ1n) is 12.1. The van der Waals surface area contributed by atoms with Gasteiger partial charge in [-0.05, 0) is 55.8 Å². The van der Waals surface area contributed by atoms with E-state index in [1.54, 1.807) is 25.3 Å². The largest absolute Gasteiger partial charge is 0.507 e. The van der Waals surface area contributed by atoms with Crippen LogP contribution in [0.5, 0.6) is 17.2 Å². The number of aromatic hydroxyl groups is 2. The molecule has 1 aromatic carbocycles. The van der Waals surface area contributed by atoms with Gasteiger partial charge in [-0.15, -0.1) is 16.4 Å². The SMILES string of the molecule is CC(=O)c1c(O)c(C)c(O)c2c1OC1=CC(=O)/C(=C(/C)NCc3cn(CC(=O)c4ccc(Br)s4)nn3)C(=O)C12C. The van der Waals surface area contributed by atoms with Gasteiger partial charge in [-0.2, -0.15) is 0 Å². The van der Waals surface area contributed by atoms with Crippen molar-refractivity contribution in [2.45, 2.75) is 46.2 Å². The van der Waals surface area contributed by atoms with Gasteiger partial charge in [-0.1, -0.05) is 5.21 Å². The van der Waals surface area contributed by atoms with Crippen LogP contribution in [0.3, 0.4) is 0 Å². The van der Waals surface area contributed by atoms with Crippen molar-refractivity contribution in [2.24, 2.45) is 0 Å². The van der Waals surface area contributed by atoms with Gasteiger partial charge in [-0.3, -0.25) is 19.2 Å². The Labute approximate surface area is 240 Å². The van der Waals surface area contributed by atoms with Gasteiger partial charge in [-0.25, -0.2) is 4.68 Å². The number of nitrogens with zero attached hydrogens (tertiary/aromatic N) is 3. The standard InChI is InChI=1S/C27H23BrN4O7S/c1-11-23(36)21(13(3)33)25-22(24(11)37)27(4)18(39-25)7-15(34)20(26(27)38)12(2)29-8-14-9-32(31-30-14)10-16(35)17-5-6-19(28)40-17/h5-7,9,29,36-37H,8,10H2,1-4H3/b20-12+. The van der Waals surface area contributed by atoms with Crippen LogP contribution in [0.4, 0.5) is 0 Å². The number of ether oxygens (including phenoxy) is 1. The normalized spacial score (nSPS) is 19.1. The summed E-state index contributed by atoms with van der Waals surface area (Å²) in [5.41, 5.74) is -1.15. The molecule has 5 rings (SSSR count). The minimum atomic E-state index is -1.60. The maximum atomic E-state index is 13.9. The molecule has 0 radical (unpaired) electrons. The number of phenolic OH excluding ortho intramolecular Hbond substituents is 2. The summed E-state index contributed by atoms with van der Waals surface area (Å²) in [5, 5.41) is 32.5. The lowest BCUT2D eigenvalue weighted by atomic mass is 9.70. The summed E-state index contributed by atoms with van der Waals surface area (Å²) >= 11 is 4.66. The van der Waals surface area contributed by atoms with E-state index in [0.29, 0.717) is 10.6 Å². The minimum Gasteiger partial charge on any atom is -0.507 e. The molecule has 0 saturated carbocycles. The molecule has 3 aromatic rings. The predicted molar refractivity (Wildman–Crippen MR) is 147 cm³/mol. The topological polar surface area (TPSA) is 161 Å². The van der Waals surface area contributed by atoms with Crippen molar-refractivity contribution in [2.75, 3.05) is 0 Å². The van der Waals surface area contributed by atoms with E-state index >= 15 is 0 Å². The van der Waals surface area contributed by atoms with Gasteiger partial charge in [0.2, 0.25) is 0 Å². The second-order valence-electron chi connectivity index (χ2n) is 9.67. The molecule has 3 N–H and O–H groups in total. The molecule has 3 heterocycles. The van der Waals surface area contributed by atoms with Crippen LogP contribution in [-0.4, -0.2) is 48.3 Å². The third-order valence-corrected chi connectivity index (χ3v) is 8.70. The number of hydrogen-bond acceptors (Lipinski definition) is 11. The number of fused-ring (bicyclic) bond motifs is 3. The van der Waals surface area contributed by atoms with E-state index in [4.69, 9.17) is 4.74 Å². The number of thiophene rings is 1. The number of carbonyl (C=O) groups excluding carboxylic acids is 4. The fourth-order valence-electron chi connectivity index (χ4n) is 4.86. The maximum Gasteiger partial charge on any atom is 0.194 e. The first kappa shape index (κ1) is 27.5. The Balaban J connectivity index is 1.41. The number of allylic oxidation sites excluding steroid dienone is 4. The molecule has 206 valence electrons. The molecule has 40 heavy (non-hydrogen) atoms. The average molecular weight is 627 g/mol. The number of rotatable bonds is 7. The van der Waals surface area contributed by atoms with Crippen molar-refractivity contribution < 1.29 is 34.1 Å². The van der Waals surface area contributed by atoms with Gasteiger partial charge in [0, 0.05) is 17.3 Å². The lowest BCUT2D eigenvalue weighted by Crippen LogP contribution is -2.41. The van der Waals surface area contributed by atoms with E-state index in [-0.39, 0.29) is 58.3 Å². The van der Waals surface area contributed by atoms with Crippen molar-refractivity contribution in [1.82, 2.24) is 20.3 Å². The van der Waals surface area contributed by atoms with Crippen LogP contribution in [0.2, 0.25) is 0 Å². The molecule has 0 spiro atoms. The lowest BCUT2D eigenvalue weighted by Gasteiger charge is -2.29. The molecule has 2 aromatic heterocycles. The van der Waals surface area contributed by atoms with Gasteiger partial charge in [0.25, 0.3) is 0 Å². The molecule has 0 saturated heterocycles. The molecule has 11 nitrogen and oxygen atoms in total. The zero-order chi connectivity index (χ0) is 29.1. The molecule has 13 heteroatoms. The van der Waals surface area contributed by atoms with Gasteiger partial charge >= 0.3 is 0 Å². The first-order chi connectivity index (χ1) is 18.8. The second-order valence-corrected chi connectivity index (χ2v) is 12.1. The summed E-state index contributed by atoms with van der Waals surface area (Å²) in [6, 6.07) is 3.52. The Morgan fingerprint density at radius 1 is 1.20 bits per heavy atom. The third kappa shape index (κ3) is 4.25. The Bertz CT molecular complexity index is 1720. The van der Waals surface area contributed by atoms with E-state index in [1.165, 1.54) is 36.8 Å². The predicted octanol–water partition coefficient (Wildman–Crippen LogP) is 3.66. The molecule has 1 atom stereocenters. The number of Topliss-reactive ketones (excluding diaryl/α,β-unsaturated/α-hetero) is 3. The van der Waals surface area contributed by atoms with Crippen molar-refractivity contribution in [3.05, 3.63) is 72.5 Å². The molecule has 1 aliphatic carbocycles. The Hall–Kier alpha value is -4.10. The van der Waals surface area contributed by atoms with Crippen LogP contribution in [0.15, 0.2) is 45.2 Å². The fraction of sp³-hybridized carbons (Fsp3) is 0.259. The van der Waals surface area contributed by atoms with Crippen LogP contribution < -0.4 is 10.1 Å². The molecule has 1 unspecified atom stereocenters. The highest BCUT2D eigenvalue weighted by molar-refractivity contribution is 9.11. The molecule has 2 aliphatic rings. The van der Waals surface area contributed by atoms with Gasteiger partial charge in [0.1, 0.15) is 46.2 Å². The average Bonchev–Trinajstić information content (AvgIpc) is 3.59. The second kappa shape index (κ2) is 9.82. The highest BCUT2D eigenvalue weighted by Gasteiger charge is 2.56. The molecule has 0 amide bonds. The number of hydrogen-bond donors (Lipinski definition) is 3. The van der Waals surface area contributed by atoms with Crippen molar-refractivity contribution in [1.29, 1.82) is 0 Å². The maximum absolute atomic E-state index is 13.9. The Morgan fingerprint density at radius 2 is 1.93 bits per heavy atom. The van der Waals surface area contributed by atoms with Gasteiger partial charge in [0.15, 0.2) is 23.1 Å². The zero-order valence-corrected chi connectivity index (χ0v) is 24.2. The number of ketones is 4. The van der Waals surface area contributed by atoms with Crippen molar-refractivity contribution in [3.63, 3.8) is 0 Å².